The monoisotopic (exact) mass is 277 g/mol. The van der Waals surface area contributed by atoms with Gasteiger partial charge in [0, 0.05) is 43.1 Å². The predicted octanol–water partition coefficient (Wildman–Crippen LogP) is 1.28. The summed E-state index contributed by atoms with van der Waals surface area (Å²) < 4.78 is 0. The van der Waals surface area contributed by atoms with Gasteiger partial charge in [0.1, 0.15) is 0 Å². The van der Waals surface area contributed by atoms with E-state index in [1.54, 1.807) is 0 Å². The number of hydrogen-bond donors (Lipinski definition) is 1. The van der Waals surface area contributed by atoms with E-state index in [1.807, 2.05) is 6.20 Å². The summed E-state index contributed by atoms with van der Waals surface area (Å²) in [6.07, 6.45) is 1.97. The zero-order chi connectivity index (χ0) is 14.7. The van der Waals surface area contributed by atoms with Crippen LogP contribution in [0.2, 0.25) is 0 Å². The molecule has 0 saturated carbocycles. The van der Waals surface area contributed by atoms with E-state index in [0.29, 0.717) is 12.0 Å². The zero-order valence-electron chi connectivity index (χ0n) is 13.3. The third-order valence-electron chi connectivity index (χ3n) is 4.15. The van der Waals surface area contributed by atoms with Crippen molar-refractivity contribution >= 4 is 5.95 Å². The third-order valence-corrected chi connectivity index (χ3v) is 4.15. The van der Waals surface area contributed by atoms with E-state index in [9.17, 15) is 0 Å². The Labute approximate surface area is 122 Å². The molecule has 2 unspecified atom stereocenters. The van der Waals surface area contributed by atoms with E-state index in [0.717, 1.165) is 37.8 Å². The molecule has 1 aromatic heterocycles. The molecule has 1 saturated heterocycles. The molecule has 1 fully saturated rings. The van der Waals surface area contributed by atoms with E-state index in [4.69, 9.17) is 4.98 Å². The summed E-state index contributed by atoms with van der Waals surface area (Å²) in [6.45, 7) is 10.3. The first-order valence-electron chi connectivity index (χ1n) is 7.47. The number of nitrogens with one attached hydrogen (secondary N) is 1. The smallest absolute Gasteiger partial charge is 0.225 e. The fraction of sp³-hybridized carbons (Fsp3) is 0.733. The van der Waals surface area contributed by atoms with Crippen LogP contribution in [-0.4, -0.2) is 54.6 Å². The van der Waals surface area contributed by atoms with E-state index >= 15 is 0 Å². The molecule has 2 heterocycles. The predicted molar refractivity (Wildman–Crippen MR) is 83.0 cm³/mol. The number of rotatable bonds is 5. The molecule has 0 radical (unpaired) electrons. The molecule has 1 aliphatic rings. The lowest BCUT2D eigenvalue weighted by Crippen LogP contribution is -2.34. The minimum Gasteiger partial charge on any atom is -0.339 e. The average Bonchev–Trinajstić information content (AvgIpc) is 2.79. The highest BCUT2D eigenvalue weighted by Crippen LogP contribution is 2.23. The molecule has 1 aromatic rings. The van der Waals surface area contributed by atoms with Crippen molar-refractivity contribution in [3.8, 4) is 0 Å². The Morgan fingerprint density at radius 2 is 2.15 bits per heavy atom. The van der Waals surface area contributed by atoms with E-state index in [-0.39, 0.29) is 0 Å². The zero-order valence-corrected chi connectivity index (χ0v) is 13.3. The summed E-state index contributed by atoms with van der Waals surface area (Å²) in [5.41, 5.74) is 2.27. The SMILES string of the molecule is CCNCc1cnc(N2CC(C)C(N(C)C)C2)nc1C. The van der Waals surface area contributed by atoms with Crippen molar-refractivity contribution in [3.63, 3.8) is 0 Å². The lowest BCUT2D eigenvalue weighted by atomic mass is 10.1. The first kappa shape index (κ1) is 15.2. The summed E-state index contributed by atoms with van der Waals surface area (Å²) in [5, 5.41) is 3.32. The third kappa shape index (κ3) is 3.27. The van der Waals surface area contributed by atoms with Crippen LogP contribution in [0.25, 0.3) is 0 Å². The largest absolute Gasteiger partial charge is 0.339 e. The van der Waals surface area contributed by atoms with Crippen molar-refractivity contribution in [2.75, 3.05) is 38.6 Å². The van der Waals surface area contributed by atoms with Gasteiger partial charge in [-0.05, 0) is 33.5 Å². The highest BCUT2D eigenvalue weighted by Gasteiger charge is 2.32. The fourth-order valence-electron chi connectivity index (χ4n) is 2.85. The van der Waals surface area contributed by atoms with Crippen molar-refractivity contribution in [2.24, 2.45) is 5.92 Å². The minimum atomic E-state index is 0.584. The molecule has 5 heteroatoms. The molecule has 1 aliphatic heterocycles. The van der Waals surface area contributed by atoms with Crippen LogP contribution in [-0.2, 0) is 6.54 Å². The van der Waals surface area contributed by atoms with Gasteiger partial charge in [0.2, 0.25) is 5.95 Å². The Bertz CT molecular complexity index is 446. The summed E-state index contributed by atoms with van der Waals surface area (Å²) in [7, 11) is 4.30. The average molecular weight is 277 g/mol. The summed E-state index contributed by atoms with van der Waals surface area (Å²) in [4.78, 5) is 13.9. The molecular weight excluding hydrogens is 250 g/mol. The Kier molecular flexibility index (Phi) is 4.94. The fourth-order valence-corrected chi connectivity index (χ4v) is 2.85. The van der Waals surface area contributed by atoms with Gasteiger partial charge >= 0.3 is 0 Å². The molecule has 112 valence electrons. The van der Waals surface area contributed by atoms with Gasteiger partial charge in [-0.2, -0.15) is 0 Å². The summed E-state index contributed by atoms with van der Waals surface area (Å²) in [6, 6.07) is 0.584. The minimum absolute atomic E-state index is 0.584. The molecule has 2 atom stereocenters. The molecule has 0 aromatic carbocycles. The van der Waals surface area contributed by atoms with Gasteiger partial charge in [0.25, 0.3) is 0 Å². The van der Waals surface area contributed by atoms with E-state index in [1.165, 1.54) is 5.56 Å². The molecule has 0 amide bonds. The van der Waals surface area contributed by atoms with Crippen LogP contribution in [0, 0.1) is 12.8 Å². The lowest BCUT2D eigenvalue weighted by molar-refractivity contribution is 0.266. The Hall–Kier alpha value is -1.20. The van der Waals surface area contributed by atoms with Crippen molar-refractivity contribution in [1.82, 2.24) is 20.2 Å². The number of aromatic nitrogens is 2. The molecule has 20 heavy (non-hydrogen) atoms. The van der Waals surface area contributed by atoms with Gasteiger partial charge in [-0.15, -0.1) is 0 Å². The van der Waals surface area contributed by atoms with Crippen LogP contribution in [0.3, 0.4) is 0 Å². The topological polar surface area (TPSA) is 44.3 Å². The van der Waals surface area contributed by atoms with Crippen molar-refractivity contribution in [1.29, 1.82) is 0 Å². The van der Waals surface area contributed by atoms with E-state index < -0.39 is 0 Å². The molecule has 2 rings (SSSR count). The highest BCUT2D eigenvalue weighted by atomic mass is 15.3. The first-order chi connectivity index (χ1) is 9.52. The number of hydrogen-bond acceptors (Lipinski definition) is 5. The molecule has 5 nitrogen and oxygen atoms in total. The standard InChI is InChI=1S/C15H27N5/c1-6-16-7-13-8-17-15(18-12(13)3)20-9-11(2)14(10-20)19(4)5/h8,11,14,16H,6-7,9-10H2,1-5H3. The first-order valence-corrected chi connectivity index (χ1v) is 7.47. The van der Waals surface area contributed by atoms with Gasteiger partial charge in [-0.25, -0.2) is 9.97 Å². The Balaban J connectivity index is 2.09. The summed E-state index contributed by atoms with van der Waals surface area (Å²) in [5.74, 6) is 1.52. The van der Waals surface area contributed by atoms with Gasteiger partial charge in [0.15, 0.2) is 0 Å². The van der Waals surface area contributed by atoms with Crippen LogP contribution in [0.4, 0.5) is 5.95 Å². The lowest BCUT2D eigenvalue weighted by Gasteiger charge is -2.22. The normalized spacial score (nSPS) is 22.8. The molecule has 0 bridgehead atoms. The van der Waals surface area contributed by atoms with Gasteiger partial charge in [-0.1, -0.05) is 13.8 Å². The Morgan fingerprint density at radius 3 is 2.70 bits per heavy atom. The quantitative estimate of drug-likeness (QED) is 0.878. The summed E-state index contributed by atoms with van der Waals surface area (Å²) >= 11 is 0. The number of aryl methyl sites for hydroxylation is 1. The van der Waals surface area contributed by atoms with Gasteiger partial charge in [0.05, 0.1) is 0 Å². The van der Waals surface area contributed by atoms with Crippen LogP contribution in [0.1, 0.15) is 25.1 Å². The maximum Gasteiger partial charge on any atom is 0.225 e. The molecular formula is C15H27N5. The van der Waals surface area contributed by atoms with Crippen LogP contribution in [0.15, 0.2) is 6.20 Å². The maximum atomic E-state index is 4.69. The molecule has 1 N–H and O–H groups in total. The van der Waals surface area contributed by atoms with Crippen molar-refractivity contribution < 1.29 is 0 Å². The number of anilines is 1. The van der Waals surface area contributed by atoms with Crippen molar-refractivity contribution in [2.45, 2.75) is 33.4 Å². The number of likely N-dealkylation sites (N-methyl/N-ethyl adjacent to an activating group) is 1. The van der Waals surface area contributed by atoms with Crippen LogP contribution >= 0.6 is 0 Å². The second-order valence-electron chi connectivity index (χ2n) is 5.97. The van der Waals surface area contributed by atoms with Crippen LogP contribution < -0.4 is 10.2 Å². The van der Waals surface area contributed by atoms with Crippen molar-refractivity contribution in [3.05, 3.63) is 17.5 Å². The van der Waals surface area contributed by atoms with E-state index in [2.05, 4.69) is 55.0 Å². The van der Waals surface area contributed by atoms with Crippen LogP contribution in [0.5, 0.6) is 0 Å². The second-order valence-corrected chi connectivity index (χ2v) is 5.97. The van der Waals surface area contributed by atoms with Gasteiger partial charge < -0.3 is 15.1 Å². The maximum absolute atomic E-state index is 4.69. The molecule has 0 aliphatic carbocycles. The van der Waals surface area contributed by atoms with Gasteiger partial charge in [-0.3, -0.25) is 0 Å². The highest BCUT2D eigenvalue weighted by molar-refractivity contribution is 5.35. The second kappa shape index (κ2) is 6.50. The molecule has 0 spiro atoms. The number of nitrogens with zero attached hydrogens (tertiary/aromatic N) is 4. The Morgan fingerprint density at radius 1 is 1.40 bits per heavy atom.